The molecule has 0 amide bonds. The van der Waals surface area contributed by atoms with Crippen molar-refractivity contribution in [3.63, 3.8) is 0 Å². The summed E-state index contributed by atoms with van der Waals surface area (Å²) in [6.07, 6.45) is 61.0. The molecule has 5 heteroatoms. The van der Waals surface area contributed by atoms with Crippen LogP contribution in [-0.4, -0.2) is 36.4 Å². The van der Waals surface area contributed by atoms with Crippen LogP contribution < -0.4 is 0 Å². The fourth-order valence-corrected chi connectivity index (χ4v) is 5.89. The van der Waals surface area contributed by atoms with Crippen molar-refractivity contribution in [2.75, 3.05) is 13.2 Å². The Kier molecular flexibility index (Phi) is 42.1. The number of hydrogen-bond donors (Lipinski definition) is 1. The molecule has 1 unspecified atom stereocenters. The molecule has 0 heterocycles. The summed E-state index contributed by atoms with van der Waals surface area (Å²) in [6, 6.07) is 0. The number of aliphatic hydroxyl groups is 1. The lowest BCUT2D eigenvalue weighted by Gasteiger charge is -2.15. The summed E-state index contributed by atoms with van der Waals surface area (Å²) < 4.78 is 10.6. The first-order valence-corrected chi connectivity index (χ1v) is 22.1. The van der Waals surface area contributed by atoms with Gasteiger partial charge in [0, 0.05) is 12.8 Å². The van der Waals surface area contributed by atoms with E-state index in [9.17, 15) is 14.7 Å². The lowest BCUT2D eigenvalue weighted by Crippen LogP contribution is -2.28. The van der Waals surface area contributed by atoms with Crippen molar-refractivity contribution in [3.8, 4) is 0 Å². The lowest BCUT2D eigenvalue weighted by atomic mass is 10.1. The molecule has 0 spiro atoms. The van der Waals surface area contributed by atoms with E-state index in [2.05, 4.69) is 98.9 Å². The van der Waals surface area contributed by atoms with Crippen molar-refractivity contribution >= 4 is 11.9 Å². The number of ether oxygens (including phenoxy) is 2. The van der Waals surface area contributed by atoms with Crippen molar-refractivity contribution in [3.05, 3.63) is 85.1 Å². The fourth-order valence-electron chi connectivity index (χ4n) is 5.89. The monoisotopic (exact) mass is 751 g/mol. The number of hydrogen-bond acceptors (Lipinski definition) is 5. The van der Waals surface area contributed by atoms with Crippen LogP contribution in [0.5, 0.6) is 0 Å². The summed E-state index contributed by atoms with van der Waals surface area (Å²) in [7, 11) is 0. The predicted octanol–water partition coefficient (Wildman–Crippen LogP) is 14.3. The van der Waals surface area contributed by atoms with Crippen LogP contribution >= 0.6 is 0 Å². The van der Waals surface area contributed by atoms with Gasteiger partial charge in [-0.05, 0) is 70.6 Å². The molecule has 0 aromatic heterocycles. The highest BCUT2D eigenvalue weighted by Crippen LogP contribution is 2.13. The Hall–Kier alpha value is -2.92. The van der Waals surface area contributed by atoms with Gasteiger partial charge in [-0.2, -0.15) is 0 Å². The molecule has 0 saturated carbocycles. The molecule has 0 aliphatic heterocycles. The number of carbonyl (C=O) groups is 2. The molecule has 0 aromatic rings. The zero-order valence-electron chi connectivity index (χ0n) is 35.0. The van der Waals surface area contributed by atoms with E-state index >= 15 is 0 Å². The van der Waals surface area contributed by atoms with E-state index < -0.39 is 6.10 Å². The molecule has 0 bridgehead atoms. The molecule has 0 rings (SSSR count). The van der Waals surface area contributed by atoms with Crippen LogP contribution in [-0.2, 0) is 19.1 Å². The van der Waals surface area contributed by atoms with Crippen molar-refractivity contribution in [1.82, 2.24) is 0 Å². The summed E-state index contributed by atoms with van der Waals surface area (Å²) in [6.45, 7) is 3.99. The van der Waals surface area contributed by atoms with Crippen molar-refractivity contribution in [2.24, 2.45) is 0 Å². The maximum absolute atomic E-state index is 12.2. The summed E-state index contributed by atoms with van der Waals surface area (Å²) >= 11 is 0. The number of unbranched alkanes of at least 4 members (excludes halogenated alkanes) is 17. The Balaban J connectivity index is 3.57. The number of aliphatic hydroxyl groups excluding tert-OH is 1. The van der Waals surface area contributed by atoms with Gasteiger partial charge in [0.25, 0.3) is 0 Å². The van der Waals surface area contributed by atoms with Crippen LogP contribution in [0.15, 0.2) is 85.1 Å². The van der Waals surface area contributed by atoms with Crippen LogP contribution in [0.25, 0.3) is 0 Å². The van der Waals surface area contributed by atoms with Crippen molar-refractivity contribution in [1.29, 1.82) is 0 Å². The summed E-state index contributed by atoms with van der Waals surface area (Å²) in [5.74, 6) is -0.604. The van der Waals surface area contributed by atoms with Gasteiger partial charge in [0.2, 0.25) is 0 Å². The molecule has 0 aliphatic carbocycles. The molecule has 0 saturated heterocycles. The smallest absolute Gasteiger partial charge is 0.306 e. The first-order valence-electron chi connectivity index (χ1n) is 22.1. The van der Waals surface area contributed by atoms with E-state index in [1.54, 1.807) is 0 Å². The van der Waals surface area contributed by atoms with Gasteiger partial charge >= 0.3 is 11.9 Å². The minimum atomic E-state index is -0.775. The molecular formula is C49H82O5. The highest BCUT2D eigenvalue weighted by Gasteiger charge is 2.16. The summed E-state index contributed by atoms with van der Waals surface area (Å²) in [5.41, 5.74) is 0. The van der Waals surface area contributed by atoms with Crippen LogP contribution in [0.2, 0.25) is 0 Å². The second kappa shape index (κ2) is 44.5. The Bertz CT molecular complexity index is 1030. The third-order valence-electron chi connectivity index (χ3n) is 9.20. The Morgan fingerprint density at radius 3 is 1.20 bits per heavy atom. The average Bonchev–Trinajstić information content (AvgIpc) is 3.17. The van der Waals surface area contributed by atoms with Crippen LogP contribution in [0.4, 0.5) is 0 Å². The maximum atomic E-state index is 12.2. The van der Waals surface area contributed by atoms with Gasteiger partial charge in [0.1, 0.15) is 6.61 Å². The Morgan fingerprint density at radius 1 is 0.444 bits per heavy atom. The molecule has 1 N–H and O–H groups in total. The standard InChI is InChI=1S/C49H82O5/c1-3-5-7-9-11-13-14-15-16-17-18-19-20-21-22-23-24-25-26-27-28-29-30-31-32-33-34-36-38-40-42-44-49(52)54-47(45-50)46-53-48(51)43-41-39-37-35-12-10-8-6-4-2/h5,7,11,13,15-16,18-19,21-22,24-25,27-28,47,50H,3-4,6,8-10,12,14,17,20,23,26,29-46H2,1-2H3/b7-5-,13-11-,16-15-,19-18-,22-21-,25-24-,28-27-. The fraction of sp³-hybridized carbons (Fsp3) is 0.673. The van der Waals surface area contributed by atoms with Gasteiger partial charge in [-0.25, -0.2) is 0 Å². The van der Waals surface area contributed by atoms with Crippen LogP contribution in [0, 0.1) is 0 Å². The minimum Gasteiger partial charge on any atom is -0.462 e. The molecule has 0 radical (unpaired) electrons. The van der Waals surface area contributed by atoms with E-state index in [1.807, 2.05) is 0 Å². The Morgan fingerprint density at radius 2 is 0.796 bits per heavy atom. The number of carbonyl (C=O) groups excluding carboxylic acids is 2. The number of rotatable bonds is 39. The van der Waals surface area contributed by atoms with Gasteiger partial charge in [-0.15, -0.1) is 0 Å². The third-order valence-corrected chi connectivity index (χ3v) is 9.20. The van der Waals surface area contributed by atoms with Crippen LogP contribution in [0.1, 0.15) is 194 Å². The van der Waals surface area contributed by atoms with E-state index in [-0.39, 0.29) is 25.2 Å². The average molecular weight is 751 g/mol. The molecule has 0 fully saturated rings. The molecular weight excluding hydrogens is 669 g/mol. The highest BCUT2D eigenvalue weighted by molar-refractivity contribution is 5.70. The minimum absolute atomic E-state index is 0.0703. The molecule has 1 atom stereocenters. The third kappa shape index (κ3) is 41.8. The van der Waals surface area contributed by atoms with E-state index in [4.69, 9.17) is 9.47 Å². The van der Waals surface area contributed by atoms with Gasteiger partial charge < -0.3 is 14.6 Å². The van der Waals surface area contributed by atoms with E-state index in [1.165, 1.54) is 77.0 Å². The maximum Gasteiger partial charge on any atom is 0.306 e. The predicted molar refractivity (Wildman–Crippen MR) is 233 cm³/mol. The molecule has 308 valence electrons. The number of allylic oxidation sites excluding steroid dienone is 14. The lowest BCUT2D eigenvalue weighted by molar-refractivity contribution is -0.161. The van der Waals surface area contributed by atoms with Crippen molar-refractivity contribution in [2.45, 2.75) is 200 Å². The quantitative estimate of drug-likeness (QED) is 0.0385. The Labute approximate surface area is 333 Å². The highest BCUT2D eigenvalue weighted by atomic mass is 16.6. The first-order chi connectivity index (χ1) is 26.6. The van der Waals surface area contributed by atoms with Crippen molar-refractivity contribution < 1.29 is 24.2 Å². The molecule has 0 aromatic carbocycles. The largest absolute Gasteiger partial charge is 0.462 e. The van der Waals surface area contributed by atoms with Gasteiger partial charge in [-0.1, -0.05) is 195 Å². The SMILES string of the molecule is CC/C=C\C/C=C\C/C=C\C/C=C\C/C=C\C/C=C\C/C=C\CCCCCCCCCCCC(=O)OC(CO)COC(=O)CCCCCCCCCCC. The molecule has 5 nitrogen and oxygen atoms in total. The van der Waals surface area contributed by atoms with Gasteiger partial charge in [0.15, 0.2) is 6.10 Å². The second-order valence-corrected chi connectivity index (χ2v) is 14.4. The normalized spacial score (nSPS) is 13.0. The zero-order valence-corrected chi connectivity index (χ0v) is 35.0. The summed E-state index contributed by atoms with van der Waals surface area (Å²) in [4.78, 5) is 24.2. The van der Waals surface area contributed by atoms with Crippen LogP contribution in [0.3, 0.4) is 0 Å². The van der Waals surface area contributed by atoms with Gasteiger partial charge in [-0.3, -0.25) is 9.59 Å². The molecule has 0 aliphatic rings. The van der Waals surface area contributed by atoms with E-state index in [0.717, 1.165) is 89.9 Å². The van der Waals surface area contributed by atoms with E-state index in [0.29, 0.717) is 12.8 Å². The summed E-state index contributed by atoms with van der Waals surface area (Å²) in [5, 5.41) is 9.55. The zero-order chi connectivity index (χ0) is 39.3. The van der Waals surface area contributed by atoms with Gasteiger partial charge in [0.05, 0.1) is 6.61 Å². The first kappa shape index (κ1) is 51.1. The second-order valence-electron chi connectivity index (χ2n) is 14.4. The number of esters is 2. The molecule has 54 heavy (non-hydrogen) atoms. The topological polar surface area (TPSA) is 72.8 Å².